The molecule has 0 aromatic heterocycles. The van der Waals surface area contributed by atoms with E-state index in [-0.39, 0.29) is 6.03 Å². The Kier molecular flexibility index (Phi) is 9.91. The molecular weight excluding hydrogens is 382 g/mol. The van der Waals surface area contributed by atoms with Crippen LogP contribution in [0.4, 0.5) is 4.79 Å². The Morgan fingerprint density at radius 3 is 2.13 bits per heavy atom. The third-order valence-electron chi connectivity index (χ3n) is 6.31. The molecule has 2 amide bonds. The molecule has 0 spiro atoms. The van der Waals surface area contributed by atoms with Gasteiger partial charge >= 0.3 is 6.03 Å². The van der Waals surface area contributed by atoms with Gasteiger partial charge in [0.15, 0.2) is 0 Å². The molecule has 0 bridgehead atoms. The molecule has 1 saturated heterocycles. The van der Waals surface area contributed by atoms with Gasteiger partial charge in [-0.1, -0.05) is 99.7 Å². The predicted octanol–water partition coefficient (Wildman–Crippen LogP) is 5.66. The summed E-state index contributed by atoms with van der Waals surface area (Å²) < 4.78 is 0. The monoisotopic (exact) mass is 421 g/mol. The van der Waals surface area contributed by atoms with Gasteiger partial charge in [-0.3, -0.25) is 4.90 Å². The zero-order chi connectivity index (χ0) is 21.7. The summed E-state index contributed by atoms with van der Waals surface area (Å²) in [5.41, 5.74) is 2.71. The summed E-state index contributed by atoms with van der Waals surface area (Å²) in [6.45, 7) is 6.45. The lowest BCUT2D eigenvalue weighted by Crippen LogP contribution is -2.52. The van der Waals surface area contributed by atoms with Crippen molar-refractivity contribution in [2.45, 2.75) is 57.9 Å². The highest BCUT2D eigenvalue weighted by Gasteiger charge is 2.27. The van der Waals surface area contributed by atoms with Crippen LogP contribution in [0.3, 0.4) is 0 Å². The van der Waals surface area contributed by atoms with Crippen molar-refractivity contribution >= 4 is 6.03 Å². The number of piperazine rings is 1. The maximum atomic E-state index is 12.6. The molecule has 31 heavy (non-hydrogen) atoms. The molecule has 4 nitrogen and oxygen atoms in total. The number of nitrogens with one attached hydrogen (secondary N) is 1. The van der Waals surface area contributed by atoms with Crippen molar-refractivity contribution in [3.05, 3.63) is 71.8 Å². The fourth-order valence-corrected chi connectivity index (χ4v) is 4.42. The van der Waals surface area contributed by atoms with Crippen LogP contribution in [0.25, 0.3) is 0 Å². The molecule has 1 atom stereocenters. The number of hydrogen-bond donors (Lipinski definition) is 1. The number of hydrogen-bond acceptors (Lipinski definition) is 2. The molecule has 168 valence electrons. The minimum absolute atomic E-state index is 0.104. The number of rotatable bonds is 11. The highest BCUT2D eigenvalue weighted by molar-refractivity contribution is 5.74. The Hall–Kier alpha value is -2.33. The van der Waals surface area contributed by atoms with Gasteiger partial charge in [0.05, 0.1) is 0 Å². The van der Waals surface area contributed by atoms with Crippen molar-refractivity contribution in [3.63, 3.8) is 0 Å². The van der Waals surface area contributed by atoms with Gasteiger partial charge in [-0.15, -0.1) is 0 Å². The van der Waals surface area contributed by atoms with Crippen molar-refractivity contribution in [2.24, 2.45) is 0 Å². The van der Waals surface area contributed by atoms with E-state index in [0.717, 1.165) is 45.6 Å². The summed E-state index contributed by atoms with van der Waals surface area (Å²) >= 11 is 0. The van der Waals surface area contributed by atoms with Gasteiger partial charge < -0.3 is 10.2 Å². The van der Waals surface area contributed by atoms with Crippen LogP contribution in [0.2, 0.25) is 0 Å². The molecule has 1 N–H and O–H groups in total. The Bertz CT molecular complexity index is 742. The van der Waals surface area contributed by atoms with Gasteiger partial charge in [-0.05, 0) is 24.0 Å². The summed E-state index contributed by atoms with van der Waals surface area (Å²) in [5.74, 6) is 0. The molecule has 0 saturated carbocycles. The number of nitrogens with zero attached hydrogens (tertiary/aromatic N) is 2. The van der Waals surface area contributed by atoms with Crippen LogP contribution in [0.15, 0.2) is 60.7 Å². The Labute approximate surface area is 188 Å². The highest BCUT2D eigenvalue weighted by atomic mass is 16.2. The van der Waals surface area contributed by atoms with Gasteiger partial charge in [0.2, 0.25) is 0 Å². The maximum absolute atomic E-state index is 12.6. The van der Waals surface area contributed by atoms with Gasteiger partial charge in [0.25, 0.3) is 0 Å². The van der Waals surface area contributed by atoms with Crippen LogP contribution in [-0.4, -0.2) is 48.6 Å². The molecule has 1 aliphatic rings. The van der Waals surface area contributed by atoms with Crippen LogP contribution >= 0.6 is 0 Å². The lowest BCUT2D eigenvalue weighted by atomic mass is 9.96. The highest BCUT2D eigenvalue weighted by Crippen LogP contribution is 2.26. The van der Waals surface area contributed by atoms with Crippen LogP contribution in [0.5, 0.6) is 0 Å². The molecular formula is C27H39N3O. The number of benzene rings is 2. The first-order chi connectivity index (χ1) is 15.3. The minimum atomic E-state index is 0.104. The van der Waals surface area contributed by atoms with E-state index in [1.54, 1.807) is 0 Å². The predicted molar refractivity (Wildman–Crippen MR) is 129 cm³/mol. The van der Waals surface area contributed by atoms with Gasteiger partial charge in [0, 0.05) is 38.8 Å². The topological polar surface area (TPSA) is 35.6 Å². The second kappa shape index (κ2) is 13.2. The first-order valence-electron chi connectivity index (χ1n) is 12.1. The van der Waals surface area contributed by atoms with Gasteiger partial charge in [-0.25, -0.2) is 4.79 Å². The molecule has 1 heterocycles. The number of carbonyl (C=O) groups excluding carboxylic acids is 1. The average Bonchev–Trinajstić information content (AvgIpc) is 2.83. The van der Waals surface area contributed by atoms with Crippen LogP contribution in [-0.2, 0) is 6.42 Å². The third-order valence-corrected chi connectivity index (χ3v) is 6.31. The Morgan fingerprint density at radius 2 is 1.45 bits per heavy atom. The number of amides is 2. The molecule has 1 aliphatic heterocycles. The van der Waals surface area contributed by atoms with Crippen LogP contribution < -0.4 is 5.32 Å². The summed E-state index contributed by atoms with van der Waals surface area (Å²) in [6, 6.07) is 22.0. The minimum Gasteiger partial charge on any atom is -0.338 e. The van der Waals surface area contributed by atoms with E-state index in [9.17, 15) is 4.79 Å². The van der Waals surface area contributed by atoms with Gasteiger partial charge in [0.1, 0.15) is 0 Å². The SMILES string of the molecule is CCCCCCCCNC(=O)N1CCN([C@@H](Cc2ccccc2)c2ccccc2)CC1. The Morgan fingerprint density at radius 1 is 0.839 bits per heavy atom. The van der Waals surface area contributed by atoms with Crippen molar-refractivity contribution in [3.8, 4) is 0 Å². The first-order valence-corrected chi connectivity index (χ1v) is 12.1. The summed E-state index contributed by atoms with van der Waals surface area (Å²) in [7, 11) is 0. The van der Waals surface area contributed by atoms with E-state index in [4.69, 9.17) is 0 Å². The second-order valence-corrected chi connectivity index (χ2v) is 8.64. The number of unbranched alkanes of at least 4 members (excludes halogenated alkanes) is 5. The largest absolute Gasteiger partial charge is 0.338 e. The average molecular weight is 422 g/mol. The molecule has 1 fully saturated rings. The molecule has 2 aromatic rings. The van der Waals surface area contributed by atoms with Crippen LogP contribution in [0.1, 0.15) is 62.6 Å². The Balaban J connectivity index is 1.47. The lowest BCUT2D eigenvalue weighted by Gasteiger charge is -2.39. The van der Waals surface area contributed by atoms with Crippen molar-refractivity contribution in [2.75, 3.05) is 32.7 Å². The van der Waals surface area contributed by atoms with E-state index in [1.807, 2.05) is 4.90 Å². The quantitative estimate of drug-likeness (QED) is 0.475. The smallest absolute Gasteiger partial charge is 0.317 e. The molecule has 4 heteroatoms. The summed E-state index contributed by atoms with van der Waals surface area (Å²) in [6.07, 6.45) is 8.50. The summed E-state index contributed by atoms with van der Waals surface area (Å²) in [4.78, 5) is 17.1. The van der Waals surface area contributed by atoms with E-state index < -0.39 is 0 Å². The second-order valence-electron chi connectivity index (χ2n) is 8.64. The normalized spacial score (nSPS) is 15.6. The molecule has 2 aromatic carbocycles. The van der Waals surface area contributed by atoms with E-state index in [1.165, 1.54) is 43.2 Å². The molecule has 0 radical (unpaired) electrons. The molecule has 3 rings (SSSR count). The van der Waals surface area contributed by atoms with Crippen molar-refractivity contribution in [1.29, 1.82) is 0 Å². The lowest BCUT2D eigenvalue weighted by molar-refractivity contribution is 0.107. The van der Waals surface area contributed by atoms with Crippen molar-refractivity contribution < 1.29 is 4.79 Å². The van der Waals surface area contributed by atoms with Crippen molar-refractivity contribution in [1.82, 2.24) is 15.1 Å². The number of carbonyl (C=O) groups is 1. The zero-order valence-electron chi connectivity index (χ0n) is 19.1. The third kappa shape index (κ3) is 7.70. The van der Waals surface area contributed by atoms with Crippen LogP contribution in [0, 0.1) is 0 Å². The van der Waals surface area contributed by atoms with Gasteiger partial charge in [-0.2, -0.15) is 0 Å². The standard InChI is InChI=1S/C27H39N3O/c1-2-3-4-5-6-13-18-28-27(31)30-21-19-29(20-22-30)26(25-16-11-8-12-17-25)23-24-14-9-7-10-15-24/h7-12,14-17,26H,2-6,13,18-23H2,1H3,(H,28,31)/t26-/m0/s1. The zero-order valence-corrected chi connectivity index (χ0v) is 19.1. The fourth-order valence-electron chi connectivity index (χ4n) is 4.42. The van der Waals surface area contributed by atoms with E-state index in [2.05, 4.69) is 77.8 Å². The van der Waals surface area contributed by atoms with E-state index in [0.29, 0.717) is 6.04 Å². The molecule has 0 aliphatic carbocycles. The van der Waals surface area contributed by atoms with E-state index >= 15 is 0 Å². The first kappa shape index (κ1) is 23.3. The maximum Gasteiger partial charge on any atom is 0.317 e. The fraction of sp³-hybridized carbons (Fsp3) is 0.519. The summed E-state index contributed by atoms with van der Waals surface area (Å²) in [5, 5.41) is 3.13. The number of urea groups is 1. The molecule has 0 unspecified atom stereocenters.